The Kier molecular flexibility index (Phi) is 6.02. The van der Waals surface area contributed by atoms with E-state index in [0.29, 0.717) is 32.2 Å². The summed E-state index contributed by atoms with van der Waals surface area (Å²) in [4.78, 5) is 24.1. The van der Waals surface area contributed by atoms with E-state index in [2.05, 4.69) is 36.8 Å². The standard InChI is InChI=1S/C17H13BrN4O5S2/c18-13-4-3-11(27-13)15(24)20-16-21-22-17(29-16)28-7-14(23)19-6-9-1-2-10-12(5-9)26-8-25-10/h1-5H,6-8H2,(H,19,23)(H,20,21,24). The van der Waals surface area contributed by atoms with Crippen molar-refractivity contribution in [3.8, 4) is 11.5 Å². The number of ether oxygens (including phenoxy) is 2. The molecule has 12 heteroatoms. The Labute approximate surface area is 181 Å². The number of carbonyl (C=O) groups is 2. The molecule has 2 amide bonds. The number of thioether (sulfide) groups is 1. The second kappa shape index (κ2) is 8.84. The number of furan rings is 1. The maximum absolute atomic E-state index is 12.1. The smallest absolute Gasteiger partial charge is 0.293 e. The summed E-state index contributed by atoms with van der Waals surface area (Å²) in [5, 5.41) is 13.6. The Morgan fingerprint density at radius 1 is 1.17 bits per heavy atom. The molecule has 1 aliphatic heterocycles. The van der Waals surface area contributed by atoms with Crippen molar-refractivity contribution in [1.29, 1.82) is 0 Å². The predicted octanol–water partition coefficient (Wildman–Crippen LogP) is 3.28. The molecule has 0 radical (unpaired) electrons. The molecule has 0 saturated carbocycles. The van der Waals surface area contributed by atoms with Crippen LogP contribution in [0.25, 0.3) is 0 Å². The summed E-state index contributed by atoms with van der Waals surface area (Å²) < 4.78 is 16.8. The van der Waals surface area contributed by atoms with Crippen molar-refractivity contribution >= 4 is 56.0 Å². The summed E-state index contributed by atoms with van der Waals surface area (Å²) >= 11 is 5.55. The van der Waals surface area contributed by atoms with E-state index in [-0.39, 0.29) is 24.2 Å². The minimum atomic E-state index is -0.426. The van der Waals surface area contributed by atoms with Gasteiger partial charge in [0.1, 0.15) is 0 Å². The van der Waals surface area contributed by atoms with Gasteiger partial charge in [-0.05, 0) is 45.8 Å². The van der Waals surface area contributed by atoms with E-state index in [1.54, 1.807) is 12.1 Å². The monoisotopic (exact) mass is 496 g/mol. The fourth-order valence-corrected chi connectivity index (χ4v) is 4.23. The molecular weight excluding hydrogens is 484 g/mol. The van der Waals surface area contributed by atoms with Crippen LogP contribution >= 0.6 is 39.0 Å². The molecule has 0 saturated heterocycles. The molecule has 2 N–H and O–H groups in total. The van der Waals surface area contributed by atoms with Crippen molar-refractivity contribution in [1.82, 2.24) is 15.5 Å². The fraction of sp³-hybridized carbons (Fsp3) is 0.176. The number of carbonyl (C=O) groups excluding carboxylic acids is 2. The van der Waals surface area contributed by atoms with Gasteiger partial charge in [-0.25, -0.2) is 0 Å². The van der Waals surface area contributed by atoms with Crippen LogP contribution in [-0.2, 0) is 11.3 Å². The van der Waals surface area contributed by atoms with E-state index in [9.17, 15) is 9.59 Å². The highest BCUT2D eigenvalue weighted by Gasteiger charge is 2.15. The number of nitrogens with one attached hydrogen (secondary N) is 2. The molecule has 1 aromatic carbocycles. The van der Waals surface area contributed by atoms with Crippen molar-refractivity contribution < 1.29 is 23.5 Å². The van der Waals surface area contributed by atoms with E-state index in [1.165, 1.54) is 23.1 Å². The molecule has 3 aromatic rings. The Morgan fingerprint density at radius 2 is 2.03 bits per heavy atom. The SMILES string of the molecule is O=C(CSc1nnc(NC(=O)c2ccc(Br)o2)s1)NCc1ccc2c(c1)OCO2. The topological polar surface area (TPSA) is 116 Å². The highest BCUT2D eigenvalue weighted by Crippen LogP contribution is 2.32. The lowest BCUT2D eigenvalue weighted by atomic mass is 10.2. The predicted molar refractivity (Wildman–Crippen MR) is 109 cm³/mol. The Bertz CT molecular complexity index is 1050. The van der Waals surface area contributed by atoms with Gasteiger partial charge in [0, 0.05) is 6.54 Å². The lowest BCUT2D eigenvalue weighted by molar-refractivity contribution is -0.118. The van der Waals surface area contributed by atoms with E-state index in [1.807, 2.05) is 18.2 Å². The van der Waals surface area contributed by atoms with Crippen LogP contribution < -0.4 is 20.1 Å². The van der Waals surface area contributed by atoms with Crippen LogP contribution in [0.3, 0.4) is 0 Å². The number of halogens is 1. The molecular formula is C17H13BrN4O5S2. The molecule has 150 valence electrons. The number of hydrogen-bond acceptors (Lipinski definition) is 9. The number of benzene rings is 1. The van der Waals surface area contributed by atoms with E-state index in [0.717, 1.165) is 5.56 Å². The number of rotatable bonds is 7. The molecule has 0 atom stereocenters. The maximum atomic E-state index is 12.1. The van der Waals surface area contributed by atoms with Gasteiger partial charge in [-0.15, -0.1) is 10.2 Å². The first kappa shape index (κ1) is 19.7. The van der Waals surface area contributed by atoms with Gasteiger partial charge in [-0.2, -0.15) is 0 Å². The maximum Gasteiger partial charge on any atom is 0.293 e. The van der Waals surface area contributed by atoms with Crippen LogP contribution in [0.4, 0.5) is 5.13 Å². The third-order valence-corrected chi connectivity index (χ3v) is 6.08. The molecule has 0 aliphatic carbocycles. The van der Waals surface area contributed by atoms with Gasteiger partial charge >= 0.3 is 0 Å². The summed E-state index contributed by atoms with van der Waals surface area (Å²) in [6.45, 7) is 0.595. The Morgan fingerprint density at radius 3 is 2.86 bits per heavy atom. The first-order valence-corrected chi connectivity index (χ1v) is 10.8. The molecule has 0 fully saturated rings. The van der Waals surface area contributed by atoms with E-state index >= 15 is 0 Å². The van der Waals surface area contributed by atoms with E-state index < -0.39 is 5.91 Å². The lowest BCUT2D eigenvalue weighted by Crippen LogP contribution is -2.24. The molecule has 0 unspecified atom stereocenters. The van der Waals surface area contributed by atoms with Crippen molar-refractivity contribution in [3.05, 3.63) is 46.3 Å². The minimum absolute atomic E-state index is 0.145. The molecule has 29 heavy (non-hydrogen) atoms. The zero-order chi connectivity index (χ0) is 20.2. The molecule has 0 spiro atoms. The van der Waals surface area contributed by atoms with Gasteiger partial charge in [-0.1, -0.05) is 29.2 Å². The molecule has 2 aromatic heterocycles. The summed E-state index contributed by atoms with van der Waals surface area (Å²) in [6.07, 6.45) is 0. The first-order valence-electron chi connectivity index (χ1n) is 8.25. The van der Waals surface area contributed by atoms with Crippen molar-refractivity contribution in [2.75, 3.05) is 17.9 Å². The van der Waals surface area contributed by atoms with Crippen LogP contribution in [0.2, 0.25) is 0 Å². The quantitative estimate of drug-likeness (QED) is 0.378. The fourth-order valence-electron chi connectivity index (χ4n) is 2.34. The van der Waals surface area contributed by atoms with Crippen LogP contribution in [0.15, 0.2) is 43.8 Å². The summed E-state index contributed by atoms with van der Waals surface area (Å²) in [7, 11) is 0. The Balaban J connectivity index is 1.23. The average molecular weight is 497 g/mol. The van der Waals surface area contributed by atoms with Crippen LogP contribution in [0, 0.1) is 0 Å². The van der Waals surface area contributed by atoms with Gasteiger partial charge < -0.3 is 19.2 Å². The third kappa shape index (κ3) is 5.08. The summed E-state index contributed by atoms with van der Waals surface area (Å²) in [5.41, 5.74) is 0.915. The van der Waals surface area contributed by atoms with Crippen LogP contribution in [0.1, 0.15) is 16.1 Å². The zero-order valence-corrected chi connectivity index (χ0v) is 17.9. The number of anilines is 1. The van der Waals surface area contributed by atoms with Gasteiger partial charge in [-0.3, -0.25) is 14.9 Å². The van der Waals surface area contributed by atoms with E-state index in [4.69, 9.17) is 13.9 Å². The van der Waals surface area contributed by atoms with Crippen molar-refractivity contribution in [3.63, 3.8) is 0 Å². The third-order valence-electron chi connectivity index (χ3n) is 3.68. The number of nitrogens with zero attached hydrogens (tertiary/aromatic N) is 2. The molecule has 1 aliphatic rings. The Hall–Kier alpha value is -2.57. The van der Waals surface area contributed by atoms with Crippen LogP contribution in [0.5, 0.6) is 11.5 Å². The molecule has 3 heterocycles. The lowest BCUT2D eigenvalue weighted by Gasteiger charge is -2.05. The van der Waals surface area contributed by atoms with Gasteiger partial charge in [0.15, 0.2) is 26.3 Å². The van der Waals surface area contributed by atoms with Crippen molar-refractivity contribution in [2.45, 2.75) is 10.9 Å². The molecule has 0 bridgehead atoms. The van der Waals surface area contributed by atoms with Gasteiger partial charge in [0.2, 0.25) is 17.8 Å². The van der Waals surface area contributed by atoms with Gasteiger partial charge in [0.05, 0.1) is 5.75 Å². The second-order valence-electron chi connectivity index (χ2n) is 5.68. The van der Waals surface area contributed by atoms with Crippen LogP contribution in [-0.4, -0.2) is 34.6 Å². The number of fused-ring (bicyclic) bond motifs is 1. The van der Waals surface area contributed by atoms with Gasteiger partial charge in [0.25, 0.3) is 5.91 Å². The minimum Gasteiger partial charge on any atom is -0.454 e. The molecule has 4 rings (SSSR count). The first-order chi connectivity index (χ1) is 14.1. The zero-order valence-electron chi connectivity index (χ0n) is 14.6. The molecule has 9 nitrogen and oxygen atoms in total. The summed E-state index contributed by atoms with van der Waals surface area (Å²) in [5.74, 6) is 1.15. The highest BCUT2D eigenvalue weighted by molar-refractivity contribution is 9.10. The second-order valence-corrected chi connectivity index (χ2v) is 8.67. The highest BCUT2D eigenvalue weighted by atomic mass is 79.9. The van der Waals surface area contributed by atoms with Crippen molar-refractivity contribution in [2.24, 2.45) is 0 Å². The number of hydrogen-bond donors (Lipinski definition) is 2. The largest absolute Gasteiger partial charge is 0.454 e. The average Bonchev–Trinajstić information content (AvgIpc) is 3.45. The summed E-state index contributed by atoms with van der Waals surface area (Å²) in [6, 6.07) is 8.70. The number of amides is 2. The number of aromatic nitrogens is 2. The normalized spacial score (nSPS) is 12.0.